The SMILES string of the molecule is CC(C)CNC(=O)c1cccc(C(=O)Nc2ccccc2N2CCOCC2)n1. The highest BCUT2D eigenvalue weighted by Gasteiger charge is 2.17. The van der Waals surface area contributed by atoms with Gasteiger partial charge in [-0.2, -0.15) is 0 Å². The lowest BCUT2D eigenvalue weighted by atomic mass is 10.2. The summed E-state index contributed by atoms with van der Waals surface area (Å²) in [7, 11) is 0. The number of nitrogens with zero attached hydrogens (tertiary/aromatic N) is 2. The van der Waals surface area contributed by atoms with Crippen LogP contribution < -0.4 is 15.5 Å². The van der Waals surface area contributed by atoms with Gasteiger partial charge in [-0.1, -0.05) is 32.0 Å². The molecule has 2 aromatic rings. The molecule has 1 fully saturated rings. The van der Waals surface area contributed by atoms with Crippen molar-refractivity contribution in [3.05, 3.63) is 53.9 Å². The number of benzene rings is 1. The van der Waals surface area contributed by atoms with Crippen molar-refractivity contribution in [3.8, 4) is 0 Å². The summed E-state index contributed by atoms with van der Waals surface area (Å²) in [5, 5.41) is 5.74. The lowest BCUT2D eigenvalue weighted by Gasteiger charge is -2.30. The van der Waals surface area contributed by atoms with Crippen LogP contribution in [0.5, 0.6) is 0 Å². The molecule has 1 aromatic heterocycles. The predicted molar refractivity (Wildman–Crippen MR) is 109 cm³/mol. The second-order valence-corrected chi connectivity index (χ2v) is 7.08. The van der Waals surface area contributed by atoms with Gasteiger partial charge in [0.15, 0.2) is 0 Å². The molecule has 0 unspecified atom stereocenters. The first-order valence-electron chi connectivity index (χ1n) is 9.53. The molecule has 148 valence electrons. The van der Waals surface area contributed by atoms with Gasteiger partial charge in [-0.15, -0.1) is 0 Å². The number of para-hydroxylation sites is 2. The Labute approximate surface area is 165 Å². The fraction of sp³-hybridized carbons (Fsp3) is 0.381. The Balaban J connectivity index is 1.73. The third-order valence-electron chi connectivity index (χ3n) is 4.39. The number of rotatable bonds is 6. The van der Waals surface area contributed by atoms with Crippen LogP contribution in [0.1, 0.15) is 34.8 Å². The van der Waals surface area contributed by atoms with Crippen LogP contribution >= 0.6 is 0 Å². The molecule has 0 radical (unpaired) electrons. The Morgan fingerprint density at radius 1 is 1.04 bits per heavy atom. The van der Waals surface area contributed by atoms with Gasteiger partial charge in [-0.05, 0) is 30.2 Å². The maximum absolute atomic E-state index is 12.7. The lowest BCUT2D eigenvalue weighted by Crippen LogP contribution is -2.36. The molecule has 0 saturated carbocycles. The minimum atomic E-state index is -0.348. The summed E-state index contributed by atoms with van der Waals surface area (Å²) >= 11 is 0. The van der Waals surface area contributed by atoms with Gasteiger partial charge in [0.1, 0.15) is 11.4 Å². The van der Waals surface area contributed by atoms with Crippen molar-refractivity contribution < 1.29 is 14.3 Å². The Kier molecular flexibility index (Phi) is 6.60. The van der Waals surface area contributed by atoms with Crippen molar-refractivity contribution in [2.45, 2.75) is 13.8 Å². The maximum atomic E-state index is 12.7. The van der Waals surface area contributed by atoms with E-state index in [9.17, 15) is 9.59 Å². The molecule has 1 aromatic carbocycles. The van der Waals surface area contributed by atoms with E-state index in [1.54, 1.807) is 18.2 Å². The molecule has 0 spiro atoms. The van der Waals surface area contributed by atoms with E-state index in [0.29, 0.717) is 31.4 Å². The molecule has 1 aliphatic rings. The van der Waals surface area contributed by atoms with Crippen molar-refractivity contribution in [1.82, 2.24) is 10.3 Å². The summed E-state index contributed by atoms with van der Waals surface area (Å²) in [5.74, 6) is -0.289. The summed E-state index contributed by atoms with van der Waals surface area (Å²) in [6.07, 6.45) is 0. The Hall–Kier alpha value is -2.93. The van der Waals surface area contributed by atoms with Crippen molar-refractivity contribution in [2.24, 2.45) is 5.92 Å². The van der Waals surface area contributed by atoms with Gasteiger partial charge >= 0.3 is 0 Å². The number of morpholine rings is 1. The zero-order valence-electron chi connectivity index (χ0n) is 16.3. The monoisotopic (exact) mass is 382 g/mol. The second-order valence-electron chi connectivity index (χ2n) is 7.08. The summed E-state index contributed by atoms with van der Waals surface area (Å²) in [4.78, 5) is 31.4. The van der Waals surface area contributed by atoms with E-state index >= 15 is 0 Å². The third kappa shape index (κ3) is 5.07. The molecular weight excluding hydrogens is 356 g/mol. The maximum Gasteiger partial charge on any atom is 0.274 e. The van der Waals surface area contributed by atoms with Gasteiger partial charge in [0, 0.05) is 19.6 Å². The number of pyridine rings is 1. The van der Waals surface area contributed by atoms with E-state index in [2.05, 4.69) is 20.5 Å². The number of amides is 2. The molecule has 0 atom stereocenters. The van der Waals surface area contributed by atoms with Crippen molar-refractivity contribution in [1.29, 1.82) is 0 Å². The number of nitrogens with one attached hydrogen (secondary N) is 2. The standard InChI is InChI=1S/C21H26N4O3/c1-15(2)14-22-20(26)17-7-5-8-18(23-17)21(27)24-16-6-3-4-9-19(16)25-10-12-28-13-11-25/h3-9,15H,10-14H2,1-2H3,(H,22,26)(H,24,27). The van der Waals surface area contributed by atoms with E-state index in [1.807, 2.05) is 38.1 Å². The van der Waals surface area contributed by atoms with Crippen molar-refractivity contribution >= 4 is 23.2 Å². The average molecular weight is 382 g/mol. The summed E-state index contributed by atoms with van der Waals surface area (Å²) in [6, 6.07) is 12.5. The van der Waals surface area contributed by atoms with E-state index in [4.69, 9.17) is 4.74 Å². The molecule has 7 nitrogen and oxygen atoms in total. The molecule has 3 rings (SSSR count). The zero-order valence-corrected chi connectivity index (χ0v) is 16.3. The van der Waals surface area contributed by atoms with Crippen LogP contribution in [-0.2, 0) is 4.74 Å². The molecule has 0 bridgehead atoms. The van der Waals surface area contributed by atoms with Gasteiger partial charge < -0.3 is 20.3 Å². The normalized spacial score (nSPS) is 14.0. The van der Waals surface area contributed by atoms with Crippen LogP contribution in [0.4, 0.5) is 11.4 Å². The van der Waals surface area contributed by atoms with Crippen LogP contribution in [0.2, 0.25) is 0 Å². The number of ether oxygens (including phenoxy) is 1. The highest BCUT2D eigenvalue weighted by Crippen LogP contribution is 2.26. The number of aromatic nitrogens is 1. The van der Waals surface area contributed by atoms with Crippen LogP contribution in [0.3, 0.4) is 0 Å². The molecule has 7 heteroatoms. The van der Waals surface area contributed by atoms with Gasteiger partial charge in [-0.25, -0.2) is 4.98 Å². The topological polar surface area (TPSA) is 83.6 Å². The number of carbonyl (C=O) groups is 2. The predicted octanol–water partition coefficient (Wildman–Crippen LogP) is 2.56. The molecule has 2 heterocycles. The van der Waals surface area contributed by atoms with Crippen LogP contribution in [0, 0.1) is 5.92 Å². The number of hydrogen-bond acceptors (Lipinski definition) is 5. The third-order valence-corrected chi connectivity index (χ3v) is 4.39. The molecule has 2 N–H and O–H groups in total. The quantitative estimate of drug-likeness (QED) is 0.802. The van der Waals surface area contributed by atoms with Crippen molar-refractivity contribution in [3.63, 3.8) is 0 Å². The van der Waals surface area contributed by atoms with Gasteiger partial charge in [0.05, 0.1) is 24.6 Å². The molecule has 0 aliphatic carbocycles. The van der Waals surface area contributed by atoms with Gasteiger partial charge in [-0.3, -0.25) is 9.59 Å². The number of hydrogen-bond donors (Lipinski definition) is 2. The van der Waals surface area contributed by atoms with Crippen LogP contribution in [0.15, 0.2) is 42.5 Å². The highest BCUT2D eigenvalue weighted by molar-refractivity contribution is 6.05. The van der Waals surface area contributed by atoms with Crippen LogP contribution in [-0.4, -0.2) is 49.6 Å². The fourth-order valence-electron chi connectivity index (χ4n) is 2.92. The average Bonchev–Trinajstić information content (AvgIpc) is 2.73. The van der Waals surface area contributed by atoms with E-state index in [1.165, 1.54) is 0 Å². The lowest BCUT2D eigenvalue weighted by molar-refractivity contribution is 0.0944. The smallest absolute Gasteiger partial charge is 0.274 e. The first kappa shape index (κ1) is 19.8. The molecule has 1 aliphatic heterocycles. The van der Waals surface area contributed by atoms with Gasteiger partial charge in [0.25, 0.3) is 11.8 Å². The highest BCUT2D eigenvalue weighted by atomic mass is 16.5. The van der Waals surface area contributed by atoms with E-state index < -0.39 is 0 Å². The van der Waals surface area contributed by atoms with E-state index in [-0.39, 0.29) is 23.2 Å². The zero-order chi connectivity index (χ0) is 19.9. The Bertz CT molecular complexity index is 832. The first-order valence-corrected chi connectivity index (χ1v) is 9.53. The minimum absolute atomic E-state index is 0.203. The summed E-state index contributed by atoms with van der Waals surface area (Å²) in [6.45, 7) is 7.47. The largest absolute Gasteiger partial charge is 0.378 e. The van der Waals surface area contributed by atoms with Crippen LogP contribution in [0.25, 0.3) is 0 Å². The second kappa shape index (κ2) is 9.32. The minimum Gasteiger partial charge on any atom is -0.378 e. The fourth-order valence-corrected chi connectivity index (χ4v) is 2.92. The summed E-state index contributed by atoms with van der Waals surface area (Å²) in [5.41, 5.74) is 2.10. The number of anilines is 2. The Morgan fingerprint density at radius 3 is 2.43 bits per heavy atom. The Morgan fingerprint density at radius 2 is 1.71 bits per heavy atom. The molecule has 1 saturated heterocycles. The first-order chi connectivity index (χ1) is 13.5. The molecule has 2 amide bonds. The number of carbonyl (C=O) groups excluding carboxylic acids is 2. The summed E-state index contributed by atoms with van der Waals surface area (Å²) < 4.78 is 5.40. The molecule has 28 heavy (non-hydrogen) atoms. The van der Waals surface area contributed by atoms with Crippen molar-refractivity contribution in [2.75, 3.05) is 43.1 Å². The molecular formula is C21H26N4O3. The van der Waals surface area contributed by atoms with E-state index in [0.717, 1.165) is 18.8 Å². The van der Waals surface area contributed by atoms with Gasteiger partial charge in [0.2, 0.25) is 0 Å².